The molecular formula is C7H5ClFNO3. The molecule has 0 aliphatic heterocycles. The van der Waals surface area contributed by atoms with Gasteiger partial charge in [0.05, 0.1) is 24.2 Å². The highest BCUT2D eigenvalue weighted by molar-refractivity contribution is 6.32. The van der Waals surface area contributed by atoms with Crippen LogP contribution in [0.15, 0.2) is 12.1 Å². The molecule has 0 radical (unpaired) electrons. The Kier molecular flexibility index (Phi) is 2.67. The zero-order chi connectivity index (χ0) is 10.0. The molecule has 0 unspecified atom stereocenters. The van der Waals surface area contributed by atoms with Crippen molar-refractivity contribution in [2.45, 2.75) is 0 Å². The second-order valence-corrected chi connectivity index (χ2v) is 2.58. The van der Waals surface area contributed by atoms with Crippen LogP contribution in [0.5, 0.6) is 5.75 Å². The molecule has 6 heteroatoms. The van der Waals surface area contributed by atoms with Crippen LogP contribution in [0.1, 0.15) is 0 Å². The number of hydrogen-bond acceptors (Lipinski definition) is 3. The summed E-state index contributed by atoms with van der Waals surface area (Å²) in [5, 5.41) is 10.0. The van der Waals surface area contributed by atoms with Crippen molar-refractivity contribution in [1.29, 1.82) is 0 Å². The van der Waals surface area contributed by atoms with Crippen molar-refractivity contribution in [3.05, 3.63) is 33.1 Å². The van der Waals surface area contributed by atoms with Crippen LogP contribution < -0.4 is 4.74 Å². The Bertz CT molecular complexity index is 356. The Balaban J connectivity index is 3.30. The topological polar surface area (TPSA) is 52.4 Å². The molecule has 0 aliphatic carbocycles. The van der Waals surface area contributed by atoms with E-state index in [0.717, 1.165) is 12.1 Å². The van der Waals surface area contributed by atoms with Crippen LogP contribution in [0.3, 0.4) is 0 Å². The molecule has 1 rings (SSSR count). The number of benzene rings is 1. The summed E-state index contributed by atoms with van der Waals surface area (Å²) in [6.07, 6.45) is 0. The zero-order valence-corrected chi connectivity index (χ0v) is 7.34. The second-order valence-electron chi connectivity index (χ2n) is 2.20. The minimum atomic E-state index is -0.868. The highest BCUT2D eigenvalue weighted by atomic mass is 35.5. The van der Waals surface area contributed by atoms with E-state index >= 15 is 0 Å². The number of hydrogen-bond donors (Lipinski definition) is 0. The van der Waals surface area contributed by atoms with Gasteiger partial charge in [0.15, 0.2) is 5.82 Å². The third kappa shape index (κ3) is 1.86. The molecule has 13 heavy (non-hydrogen) atoms. The van der Waals surface area contributed by atoms with E-state index in [-0.39, 0.29) is 10.8 Å². The summed E-state index contributed by atoms with van der Waals surface area (Å²) in [6, 6.07) is 1.80. The van der Waals surface area contributed by atoms with Crippen molar-refractivity contribution in [3.8, 4) is 5.75 Å². The van der Waals surface area contributed by atoms with Crippen molar-refractivity contribution in [2.75, 3.05) is 7.11 Å². The summed E-state index contributed by atoms with van der Waals surface area (Å²) < 4.78 is 17.5. The number of nitrogens with zero attached hydrogens (tertiary/aromatic N) is 1. The number of halogens is 2. The molecule has 1 aromatic rings. The van der Waals surface area contributed by atoms with Crippen LogP contribution in [-0.2, 0) is 0 Å². The molecule has 0 aromatic heterocycles. The third-order valence-corrected chi connectivity index (χ3v) is 1.78. The monoisotopic (exact) mass is 205 g/mol. The van der Waals surface area contributed by atoms with Crippen molar-refractivity contribution in [1.82, 2.24) is 0 Å². The summed E-state index contributed by atoms with van der Waals surface area (Å²) in [5.74, 6) is -0.916. The Labute approximate surface area is 78.0 Å². The minimum absolute atomic E-state index is 0.0478. The molecule has 4 nitrogen and oxygen atoms in total. The van der Waals surface area contributed by atoms with Gasteiger partial charge < -0.3 is 4.74 Å². The molecule has 0 bridgehead atoms. The SMILES string of the molecule is COc1cc([N+](=O)[O-])cc(F)c1Cl. The highest BCUT2D eigenvalue weighted by Gasteiger charge is 2.15. The first kappa shape index (κ1) is 9.73. The number of nitro groups is 1. The molecule has 0 spiro atoms. The number of methoxy groups -OCH3 is 1. The van der Waals surface area contributed by atoms with Gasteiger partial charge in [-0.25, -0.2) is 4.39 Å². The molecule has 0 heterocycles. The van der Waals surface area contributed by atoms with E-state index < -0.39 is 16.4 Å². The van der Waals surface area contributed by atoms with E-state index in [4.69, 9.17) is 11.6 Å². The predicted octanol–water partition coefficient (Wildman–Crippen LogP) is 2.40. The van der Waals surface area contributed by atoms with Gasteiger partial charge in [-0.1, -0.05) is 11.6 Å². The maximum Gasteiger partial charge on any atom is 0.276 e. The average molecular weight is 206 g/mol. The smallest absolute Gasteiger partial charge is 0.276 e. The van der Waals surface area contributed by atoms with Gasteiger partial charge in [-0.2, -0.15) is 0 Å². The fourth-order valence-electron chi connectivity index (χ4n) is 0.804. The Morgan fingerprint density at radius 1 is 1.62 bits per heavy atom. The van der Waals surface area contributed by atoms with Gasteiger partial charge in [0, 0.05) is 0 Å². The maximum absolute atomic E-state index is 12.9. The summed E-state index contributed by atoms with van der Waals surface area (Å²) in [5.41, 5.74) is -0.390. The number of nitro benzene ring substituents is 1. The molecule has 0 atom stereocenters. The van der Waals surface area contributed by atoms with E-state index in [9.17, 15) is 14.5 Å². The number of ether oxygens (including phenoxy) is 1. The van der Waals surface area contributed by atoms with Gasteiger partial charge in [-0.05, 0) is 0 Å². The van der Waals surface area contributed by atoms with E-state index in [1.165, 1.54) is 7.11 Å². The molecule has 0 saturated heterocycles. The van der Waals surface area contributed by atoms with E-state index in [1.54, 1.807) is 0 Å². The molecule has 0 N–H and O–H groups in total. The fourth-order valence-corrected chi connectivity index (χ4v) is 0.990. The van der Waals surface area contributed by atoms with Gasteiger partial charge >= 0.3 is 0 Å². The lowest BCUT2D eigenvalue weighted by Gasteiger charge is -2.02. The van der Waals surface area contributed by atoms with Gasteiger partial charge in [-0.15, -0.1) is 0 Å². The van der Waals surface area contributed by atoms with Crippen molar-refractivity contribution >= 4 is 17.3 Å². The molecule has 0 amide bonds. The summed E-state index contributed by atoms with van der Waals surface area (Å²) >= 11 is 5.45. The van der Waals surface area contributed by atoms with Crippen LogP contribution >= 0.6 is 11.6 Å². The van der Waals surface area contributed by atoms with Gasteiger partial charge in [0.25, 0.3) is 5.69 Å². The minimum Gasteiger partial charge on any atom is -0.495 e. The lowest BCUT2D eigenvalue weighted by Crippen LogP contribution is -1.93. The largest absolute Gasteiger partial charge is 0.495 e. The fraction of sp³-hybridized carbons (Fsp3) is 0.143. The Morgan fingerprint density at radius 3 is 2.69 bits per heavy atom. The molecular weight excluding hydrogens is 201 g/mol. The normalized spacial score (nSPS) is 9.77. The van der Waals surface area contributed by atoms with E-state index in [2.05, 4.69) is 4.74 Å². The molecule has 70 valence electrons. The van der Waals surface area contributed by atoms with Crippen molar-refractivity contribution in [3.63, 3.8) is 0 Å². The van der Waals surface area contributed by atoms with E-state index in [1.807, 2.05) is 0 Å². The van der Waals surface area contributed by atoms with Gasteiger partial charge in [-0.3, -0.25) is 10.1 Å². The summed E-state index contributed by atoms with van der Waals surface area (Å²) in [6.45, 7) is 0. The quantitative estimate of drug-likeness (QED) is 0.550. The maximum atomic E-state index is 12.9. The molecule has 0 saturated carbocycles. The Morgan fingerprint density at radius 2 is 2.23 bits per heavy atom. The van der Waals surface area contributed by atoms with E-state index in [0.29, 0.717) is 0 Å². The van der Waals surface area contributed by atoms with Crippen LogP contribution in [0.2, 0.25) is 5.02 Å². The first-order valence-corrected chi connectivity index (χ1v) is 3.61. The van der Waals surface area contributed by atoms with Gasteiger partial charge in [0.2, 0.25) is 0 Å². The average Bonchev–Trinajstić information content (AvgIpc) is 2.09. The third-order valence-electron chi connectivity index (χ3n) is 1.41. The number of rotatable bonds is 2. The van der Waals surface area contributed by atoms with Crippen molar-refractivity contribution in [2.24, 2.45) is 0 Å². The van der Waals surface area contributed by atoms with Crippen molar-refractivity contribution < 1.29 is 14.1 Å². The number of non-ortho nitro benzene ring substituents is 1. The standard InChI is InChI=1S/C7H5ClFNO3/c1-13-6-3-4(10(11)12)2-5(9)7(6)8/h2-3H,1H3. The first-order chi connectivity index (χ1) is 6.06. The first-order valence-electron chi connectivity index (χ1n) is 3.23. The Hall–Kier alpha value is -1.36. The van der Waals surface area contributed by atoms with Crippen LogP contribution in [-0.4, -0.2) is 12.0 Å². The molecule has 1 aromatic carbocycles. The zero-order valence-electron chi connectivity index (χ0n) is 6.58. The van der Waals surface area contributed by atoms with Gasteiger partial charge in [0.1, 0.15) is 10.8 Å². The highest BCUT2D eigenvalue weighted by Crippen LogP contribution is 2.31. The van der Waals surface area contributed by atoms with Crippen LogP contribution in [0.4, 0.5) is 10.1 Å². The molecule has 0 aliphatic rings. The summed E-state index contributed by atoms with van der Waals surface area (Å²) in [4.78, 5) is 9.55. The summed E-state index contributed by atoms with van der Waals surface area (Å²) in [7, 11) is 1.25. The second kappa shape index (κ2) is 3.57. The van der Waals surface area contributed by atoms with Crippen LogP contribution in [0.25, 0.3) is 0 Å². The van der Waals surface area contributed by atoms with Crippen LogP contribution in [0, 0.1) is 15.9 Å². The molecule has 0 fully saturated rings. The lowest BCUT2D eigenvalue weighted by atomic mass is 10.3. The lowest BCUT2D eigenvalue weighted by molar-refractivity contribution is -0.385. The predicted molar refractivity (Wildman–Crippen MR) is 44.6 cm³/mol.